The normalized spacial score (nSPS) is 14.6. The first-order valence-electron chi connectivity index (χ1n) is 11.0. The van der Waals surface area contributed by atoms with Crippen molar-refractivity contribution < 1.29 is 15.0 Å². The van der Waals surface area contributed by atoms with E-state index in [1.165, 1.54) is 25.7 Å². The third-order valence-corrected chi connectivity index (χ3v) is 7.07. The predicted octanol–water partition coefficient (Wildman–Crippen LogP) is 7.39. The molecule has 1 aromatic rings. The summed E-state index contributed by atoms with van der Waals surface area (Å²) in [5.41, 5.74) is 2.39. The number of halogens is 1. The van der Waals surface area contributed by atoms with Crippen molar-refractivity contribution in [1.82, 2.24) is 0 Å². The lowest BCUT2D eigenvalue weighted by atomic mass is 9.77. The lowest BCUT2D eigenvalue weighted by Crippen LogP contribution is -2.27. The van der Waals surface area contributed by atoms with E-state index in [2.05, 4.69) is 71.1 Å². The van der Waals surface area contributed by atoms with Crippen molar-refractivity contribution in [2.24, 2.45) is 5.92 Å². The van der Waals surface area contributed by atoms with Gasteiger partial charge >= 0.3 is 5.97 Å². The summed E-state index contributed by atoms with van der Waals surface area (Å²) in [5, 5.41) is 20.8. The number of phenols is 1. The van der Waals surface area contributed by atoms with Crippen LogP contribution in [-0.4, -0.2) is 20.1 Å². The number of carboxylic acid groups (broad SMARTS) is 1. The van der Waals surface area contributed by atoms with E-state index in [1.807, 2.05) is 12.1 Å². The highest BCUT2D eigenvalue weighted by molar-refractivity contribution is 14.1. The van der Waals surface area contributed by atoms with Crippen LogP contribution < -0.4 is 0 Å². The lowest BCUT2D eigenvalue weighted by Gasteiger charge is -2.29. The fourth-order valence-corrected chi connectivity index (χ4v) is 4.73. The summed E-state index contributed by atoms with van der Waals surface area (Å²) in [6.45, 7) is 14.7. The van der Waals surface area contributed by atoms with Crippen molar-refractivity contribution in [3.8, 4) is 5.75 Å². The van der Waals surface area contributed by atoms with Gasteiger partial charge in [0.05, 0.1) is 5.92 Å². The lowest BCUT2D eigenvalue weighted by molar-refractivity contribution is -0.141. The fraction of sp³-hybridized carbons (Fsp3) is 0.720. The smallest absolute Gasteiger partial charge is 0.307 e. The van der Waals surface area contributed by atoms with Gasteiger partial charge < -0.3 is 10.2 Å². The molecule has 1 aromatic carbocycles. The van der Waals surface area contributed by atoms with E-state index in [9.17, 15) is 15.0 Å². The molecule has 2 N–H and O–H groups in total. The maximum atomic E-state index is 12.1. The Morgan fingerprint density at radius 2 is 1.45 bits per heavy atom. The fourth-order valence-electron chi connectivity index (χ4n) is 3.72. The van der Waals surface area contributed by atoms with Gasteiger partial charge in [0.15, 0.2) is 0 Å². The van der Waals surface area contributed by atoms with Gasteiger partial charge in [-0.25, -0.2) is 0 Å². The second-order valence-corrected chi connectivity index (χ2v) is 12.0. The molecule has 0 aliphatic carbocycles. The molecule has 1 rings (SSSR count). The van der Waals surface area contributed by atoms with E-state index in [-0.39, 0.29) is 14.8 Å². The number of hydrogen-bond donors (Lipinski definition) is 2. The minimum Gasteiger partial charge on any atom is -0.507 e. The van der Waals surface area contributed by atoms with Crippen molar-refractivity contribution in [1.29, 1.82) is 0 Å². The Hall–Kier alpha value is -0.780. The first-order chi connectivity index (χ1) is 13.3. The number of rotatable bonds is 10. The number of phenolic OH excluding ortho intramolecular Hbond substituents is 1. The summed E-state index contributed by atoms with van der Waals surface area (Å²) in [4.78, 5) is 12.1. The van der Waals surface area contributed by atoms with Gasteiger partial charge in [-0.15, -0.1) is 0 Å². The van der Waals surface area contributed by atoms with Gasteiger partial charge in [0, 0.05) is 3.92 Å². The SMILES string of the molecule is CCCCCCCC(I)C(Cc1cc(C(C)(C)C)c(O)c(C(C)(C)C)c1)C(=O)O. The second-order valence-electron chi connectivity index (χ2n) is 10.4. The zero-order chi connectivity index (χ0) is 22.4. The first kappa shape index (κ1) is 26.3. The molecule has 0 spiro atoms. The molecule has 4 heteroatoms. The maximum Gasteiger partial charge on any atom is 0.307 e. The molecule has 0 fully saturated rings. The van der Waals surface area contributed by atoms with Crippen molar-refractivity contribution >= 4 is 28.6 Å². The summed E-state index contributed by atoms with van der Waals surface area (Å²) < 4.78 is 0.108. The van der Waals surface area contributed by atoms with Crippen LogP contribution >= 0.6 is 22.6 Å². The van der Waals surface area contributed by atoms with Gasteiger partial charge in [-0.3, -0.25) is 4.79 Å². The molecule has 29 heavy (non-hydrogen) atoms. The molecule has 0 aromatic heterocycles. The number of hydrogen-bond acceptors (Lipinski definition) is 2. The number of carboxylic acids is 1. The minimum absolute atomic E-state index is 0.108. The molecule has 0 saturated heterocycles. The molecule has 2 unspecified atom stereocenters. The number of alkyl halides is 1. The van der Waals surface area contributed by atoms with Gasteiger partial charge in [0.2, 0.25) is 0 Å². The van der Waals surface area contributed by atoms with Crippen LogP contribution in [0, 0.1) is 5.92 Å². The Balaban J connectivity index is 3.12. The van der Waals surface area contributed by atoms with Crippen LogP contribution in [0.1, 0.15) is 104 Å². The van der Waals surface area contributed by atoms with Crippen LogP contribution in [0.15, 0.2) is 12.1 Å². The van der Waals surface area contributed by atoms with Crippen LogP contribution in [-0.2, 0) is 22.0 Å². The van der Waals surface area contributed by atoms with Crippen LogP contribution in [0.3, 0.4) is 0 Å². The highest BCUT2D eigenvalue weighted by Gasteiger charge is 2.30. The summed E-state index contributed by atoms with van der Waals surface area (Å²) in [7, 11) is 0. The van der Waals surface area contributed by atoms with Crippen molar-refractivity contribution in [2.45, 2.75) is 108 Å². The van der Waals surface area contributed by atoms with E-state index in [4.69, 9.17) is 0 Å². The number of aliphatic carboxylic acids is 1. The number of benzene rings is 1. The largest absolute Gasteiger partial charge is 0.507 e. The highest BCUT2D eigenvalue weighted by Crippen LogP contribution is 2.40. The molecule has 0 aliphatic rings. The van der Waals surface area contributed by atoms with Gasteiger partial charge in [-0.05, 0) is 40.4 Å². The van der Waals surface area contributed by atoms with Gasteiger partial charge in [-0.2, -0.15) is 0 Å². The topological polar surface area (TPSA) is 57.5 Å². The Labute approximate surface area is 191 Å². The molecule has 0 bridgehead atoms. The minimum atomic E-state index is -0.722. The van der Waals surface area contributed by atoms with E-state index in [0.717, 1.165) is 29.5 Å². The third kappa shape index (κ3) is 8.10. The van der Waals surface area contributed by atoms with Crippen LogP contribution in [0.4, 0.5) is 0 Å². The molecular formula is C25H41IO3. The van der Waals surface area contributed by atoms with E-state index in [0.29, 0.717) is 12.2 Å². The van der Waals surface area contributed by atoms with E-state index in [1.54, 1.807) is 0 Å². The average Bonchev–Trinajstić information content (AvgIpc) is 2.57. The van der Waals surface area contributed by atoms with Crippen molar-refractivity contribution in [3.63, 3.8) is 0 Å². The van der Waals surface area contributed by atoms with E-state index < -0.39 is 11.9 Å². The van der Waals surface area contributed by atoms with Crippen LogP contribution in [0.5, 0.6) is 5.75 Å². The monoisotopic (exact) mass is 516 g/mol. The Kier molecular flexibility index (Phi) is 9.97. The van der Waals surface area contributed by atoms with Gasteiger partial charge in [-0.1, -0.05) is 115 Å². The quantitative estimate of drug-likeness (QED) is 0.194. The molecule has 2 atom stereocenters. The summed E-state index contributed by atoms with van der Waals surface area (Å²) in [5.74, 6) is -0.782. The maximum absolute atomic E-state index is 12.1. The first-order valence-corrected chi connectivity index (χ1v) is 12.3. The Morgan fingerprint density at radius 1 is 0.966 bits per heavy atom. The van der Waals surface area contributed by atoms with Gasteiger partial charge in [0.1, 0.15) is 5.75 Å². The summed E-state index contributed by atoms with van der Waals surface area (Å²) >= 11 is 2.33. The molecule has 0 aliphatic heterocycles. The molecular weight excluding hydrogens is 475 g/mol. The molecule has 0 radical (unpaired) electrons. The molecule has 0 saturated carbocycles. The number of aromatic hydroxyl groups is 1. The van der Waals surface area contributed by atoms with Crippen molar-refractivity contribution in [3.05, 3.63) is 28.8 Å². The van der Waals surface area contributed by atoms with Crippen molar-refractivity contribution in [2.75, 3.05) is 0 Å². The second kappa shape index (κ2) is 11.0. The zero-order valence-corrected chi connectivity index (χ0v) is 21.6. The predicted molar refractivity (Wildman–Crippen MR) is 132 cm³/mol. The Morgan fingerprint density at radius 3 is 1.86 bits per heavy atom. The summed E-state index contributed by atoms with van der Waals surface area (Å²) in [6.07, 6.45) is 7.43. The highest BCUT2D eigenvalue weighted by atomic mass is 127. The van der Waals surface area contributed by atoms with Crippen LogP contribution in [0.25, 0.3) is 0 Å². The molecule has 0 amide bonds. The standard InChI is InChI=1S/C25H41IO3/c1-8-9-10-11-12-13-21(26)18(23(28)29)14-17-15-19(24(2,3)4)22(27)20(16-17)25(5,6)7/h15-16,18,21,27H,8-14H2,1-7H3,(H,28,29). The zero-order valence-electron chi connectivity index (χ0n) is 19.4. The van der Waals surface area contributed by atoms with E-state index >= 15 is 0 Å². The number of carbonyl (C=O) groups is 1. The van der Waals surface area contributed by atoms with Gasteiger partial charge in [0.25, 0.3) is 0 Å². The average molecular weight is 517 g/mol. The number of unbranched alkanes of at least 4 members (excludes halogenated alkanes) is 4. The Bertz CT molecular complexity index is 633. The van der Waals surface area contributed by atoms with Crippen LogP contribution in [0.2, 0.25) is 0 Å². The summed E-state index contributed by atoms with van der Waals surface area (Å²) in [6, 6.07) is 4.04. The molecule has 166 valence electrons. The third-order valence-electron chi connectivity index (χ3n) is 5.58. The molecule has 0 heterocycles. The molecule has 3 nitrogen and oxygen atoms in total.